The molecular weight excluding hydrogens is 516 g/mol. The summed E-state index contributed by atoms with van der Waals surface area (Å²) >= 11 is 0. The zero-order valence-electron chi connectivity index (χ0n) is 23.2. The van der Waals surface area contributed by atoms with Crippen LogP contribution in [0.1, 0.15) is 44.5 Å². The van der Waals surface area contributed by atoms with Crippen molar-refractivity contribution in [3.05, 3.63) is 83.7 Å². The summed E-state index contributed by atoms with van der Waals surface area (Å²) < 4.78 is 30.9. The van der Waals surface area contributed by atoms with Crippen molar-refractivity contribution in [1.82, 2.24) is 14.8 Å². The summed E-state index contributed by atoms with van der Waals surface area (Å²) in [7, 11) is 0. The molecule has 216 valence electrons. The van der Waals surface area contributed by atoms with Gasteiger partial charge in [0.2, 0.25) is 11.8 Å². The van der Waals surface area contributed by atoms with Crippen LogP contribution in [0, 0.1) is 17.0 Å². The Bertz CT molecular complexity index is 1290. The second-order valence-corrected chi connectivity index (χ2v) is 10.9. The molecule has 1 heterocycles. The molecule has 3 rings (SSSR count). The first-order valence-electron chi connectivity index (χ1n) is 13.3. The predicted molar refractivity (Wildman–Crippen MR) is 151 cm³/mol. The van der Waals surface area contributed by atoms with Crippen molar-refractivity contribution < 1.29 is 23.5 Å². The topological polar surface area (TPSA) is 127 Å². The monoisotopic (exact) mass is 555 g/mol. The first-order chi connectivity index (χ1) is 19.0. The molecule has 6 N–H and O–H groups in total. The zero-order chi connectivity index (χ0) is 29.4. The lowest BCUT2D eigenvalue weighted by atomic mass is 9.82. The number of nitrogens with two attached hydrogens (primary N) is 2. The number of hydrogen-bond donors (Lipinski definition) is 4. The molecule has 10 heteroatoms. The molecule has 0 saturated carbocycles. The molecule has 1 aromatic heterocycles. The molecule has 2 unspecified atom stereocenters. The summed E-state index contributed by atoms with van der Waals surface area (Å²) in [6, 6.07) is 13.2. The largest absolute Gasteiger partial charge is 0.387 e. The van der Waals surface area contributed by atoms with Gasteiger partial charge in [0.05, 0.1) is 12.1 Å². The van der Waals surface area contributed by atoms with Crippen LogP contribution in [0.15, 0.2) is 60.8 Å². The second kappa shape index (κ2) is 13.6. The van der Waals surface area contributed by atoms with Crippen LogP contribution in [-0.4, -0.2) is 58.7 Å². The number of halogens is 2. The van der Waals surface area contributed by atoms with E-state index in [0.29, 0.717) is 17.8 Å². The van der Waals surface area contributed by atoms with E-state index in [4.69, 9.17) is 11.5 Å². The van der Waals surface area contributed by atoms with Crippen molar-refractivity contribution in [1.29, 1.82) is 0 Å². The van der Waals surface area contributed by atoms with E-state index in [9.17, 15) is 23.5 Å². The molecule has 0 radical (unpaired) electrons. The van der Waals surface area contributed by atoms with E-state index >= 15 is 0 Å². The van der Waals surface area contributed by atoms with Crippen LogP contribution >= 0.6 is 0 Å². The van der Waals surface area contributed by atoms with Gasteiger partial charge in [0.25, 0.3) is 0 Å². The second-order valence-electron chi connectivity index (χ2n) is 10.9. The van der Waals surface area contributed by atoms with E-state index in [1.54, 1.807) is 12.3 Å². The molecule has 0 fully saturated rings. The molecule has 0 spiro atoms. The van der Waals surface area contributed by atoms with Crippen LogP contribution in [0.4, 0.5) is 8.78 Å². The van der Waals surface area contributed by atoms with Crippen molar-refractivity contribution in [3.63, 3.8) is 0 Å². The molecule has 0 bridgehead atoms. The highest BCUT2D eigenvalue weighted by molar-refractivity contribution is 5.82. The SMILES string of the molecule is CC(C)(C)C(c1cc(-c2cc(F)ccc2F)cn1Cc1ccccc1)N(CCC(N)C(=O)NCCN)C(=O)CO. The van der Waals surface area contributed by atoms with Crippen molar-refractivity contribution >= 4 is 11.8 Å². The lowest BCUT2D eigenvalue weighted by Crippen LogP contribution is -2.48. The summed E-state index contributed by atoms with van der Waals surface area (Å²) in [5.41, 5.74) is 13.2. The van der Waals surface area contributed by atoms with Crippen molar-refractivity contribution in [2.75, 3.05) is 26.2 Å². The Morgan fingerprint density at radius 2 is 1.80 bits per heavy atom. The van der Waals surface area contributed by atoms with E-state index < -0.39 is 41.6 Å². The van der Waals surface area contributed by atoms with Gasteiger partial charge in [0, 0.05) is 49.2 Å². The smallest absolute Gasteiger partial charge is 0.248 e. The standard InChI is InChI=1S/C30H39F2N5O3/c1-30(2,3)28(37(27(39)19-38)14-11-25(34)29(40)35-13-12-33)26-15-21(23-16-22(31)9-10-24(23)32)18-36(26)17-20-7-5-4-6-8-20/h4-10,15-16,18,25,28,38H,11-14,17,19,33-34H2,1-3H3,(H,35,40). The molecule has 3 aromatic rings. The fourth-order valence-corrected chi connectivity index (χ4v) is 4.84. The lowest BCUT2D eigenvalue weighted by Gasteiger charge is -2.41. The number of aliphatic hydroxyl groups excluding tert-OH is 1. The quantitative estimate of drug-likeness (QED) is 0.273. The molecule has 0 saturated heterocycles. The average Bonchev–Trinajstić information content (AvgIpc) is 3.32. The number of rotatable bonds is 12. The molecule has 40 heavy (non-hydrogen) atoms. The Balaban J connectivity index is 2.10. The van der Waals surface area contributed by atoms with E-state index in [1.807, 2.05) is 55.7 Å². The van der Waals surface area contributed by atoms with Crippen molar-refractivity contribution in [2.45, 2.75) is 45.8 Å². The Morgan fingerprint density at radius 1 is 1.10 bits per heavy atom. The number of carbonyl (C=O) groups excluding carboxylic acids is 2. The van der Waals surface area contributed by atoms with Crippen LogP contribution in [0.25, 0.3) is 11.1 Å². The highest BCUT2D eigenvalue weighted by Gasteiger charge is 2.37. The van der Waals surface area contributed by atoms with Crippen LogP contribution in [0.5, 0.6) is 0 Å². The highest BCUT2D eigenvalue weighted by Crippen LogP contribution is 2.41. The van der Waals surface area contributed by atoms with Gasteiger partial charge in [-0.25, -0.2) is 8.78 Å². The fraction of sp³-hybridized carbons (Fsp3) is 0.400. The molecule has 2 atom stereocenters. The Labute approximate surface area is 234 Å². The number of aromatic nitrogens is 1. The number of carbonyl (C=O) groups is 2. The summed E-state index contributed by atoms with van der Waals surface area (Å²) in [6.07, 6.45) is 1.88. The van der Waals surface area contributed by atoms with Gasteiger partial charge < -0.3 is 31.4 Å². The van der Waals surface area contributed by atoms with Crippen molar-refractivity contribution in [3.8, 4) is 11.1 Å². The Morgan fingerprint density at radius 3 is 2.42 bits per heavy atom. The van der Waals surface area contributed by atoms with E-state index in [2.05, 4.69) is 5.32 Å². The number of aliphatic hydroxyl groups is 1. The third-order valence-electron chi connectivity index (χ3n) is 6.69. The number of amides is 2. The highest BCUT2D eigenvalue weighted by atomic mass is 19.1. The first kappa shape index (κ1) is 30.9. The minimum atomic E-state index is -0.894. The maximum atomic E-state index is 14.8. The third-order valence-corrected chi connectivity index (χ3v) is 6.69. The van der Waals surface area contributed by atoms with E-state index in [1.165, 1.54) is 4.90 Å². The summed E-state index contributed by atoms with van der Waals surface area (Å²) in [5.74, 6) is -2.07. The Hall–Kier alpha value is -3.60. The van der Waals surface area contributed by atoms with Gasteiger partial charge in [-0.05, 0) is 41.7 Å². The molecule has 0 aliphatic rings. The molecule has 2 aromatic carbocycles. The van der Waals surface area contributed by atoms with Gasteiger partial charge in [-0.1, -0.05) is 51.1 Å². The van der Waals surface area contributed by atoms with Gasteiger partial charge in [-0.15, -0.1) is 0 Å². The van der Waals surface area contributed by atoms with Crippen molar-refractivity contribution in [2.24, 2.45) is 16.9 Å². The van der Waals surface area contributed by atoms with Gasteiger partial charge >= 0.3 is 0 Å². The van der Waals surface area contributed by atoms with E-state index in [-0.39, 0.29) is 37.5 Å². The van der Waals surface area contributed by atoms with Crippen LogP contribution in [0.3, 0.4) is 0 Å². The third kappa shape index (κ3) is 7.74. The zero-order valence-corrected chi connectivity index (χ0v) is 23.2. The van der Waals surface area contributed by atoms with E-state index in [0.717, 1.165) is 23.8 Å². The molecule has 0 aliphatic carbocycles. The molecule has 8 nitrogen and oxygen atoms in total. The minimum Gasteiger partial charge on any atom is -0.387 e. The van der Waals surface area contributed by atoms with Gasteiger partial charge in [-0.3, -0.25) is 9.59 Å². The molecule has 2 amide bonds. The maximum absolute atomic E-state index is 14.8. The van der Waals surface area contributed by atoms with Crippen LogP contribution in [-0.2, 0) is 16.1 Å². The number of hydrogen-bond acceptors (Lipinski definition) is 5. The summed E-state index contributed by atoms with van der Waals surface area (Å²) in [5, 5.41) is 12.5. The summed E-state index contributed by atoms with van der Waals surface area (Å²) in [6.45, 7) is 6.14. The Kier molecular flexibility index (Phi) is 10.6. The number of nitrogens with one attached hydrogen (secondary N) is 1. The summed E-state index contributed by atoms with van der Waals surface area (Å²) in [4.78, 5) is 27.0. The first-order valence-corrected chi connectivity index (χ1v) is 13.3. The minimum absolute atomic E-state index is 0.0821. The maximum Gasteiger partial charge on any atom is 0.248 e. The fourth-order valence-electron chi connectivity index (χ4n) is 4.84. The normalized spacial score (nSPS) is 13.1. The average molecular weight is 556 g/mol. The number of benzene rings is 2. The van der Waals surface area contributed by atoms with Crippen LogP contribution < -0.4 is 16.8 Å². The predicted octanol–water partition coefficient (Wildman–Crippen LogP) is 3.18. The number of nitrogens with zero attached hydrogens (tertiary/aromatic N) is 2. The van der Waals surface area contributed by atoms with Gasteiger partial charge in [-0.2, -0.15) is 0 Å². The van der Waals surface area contributed by atoms with Gasteiger partial charge in [0.15, 0.2) is 0 Å². The van der Waals surface area contributed by atoms with Crippen LogP contribution in [0.2, 0.25) is 0 Å². The molecule has 0 aliphatic heterocycles. The lowest BCUT2D eigenvalue weighted by molar-refractivity contribution is -0.140. The molecular formula is C30H39F2N5O3. The van der Waals surface area contributed by atoms with Gasteiger partial charge in [0.1, 0.15) is 18.2 Å².